The molecule has 7 heteroatoms. The van der Waals surface area contributed by atoms with Crippen LogP contribution in [-0.2, 0) is 4.79 Å². The molecule has 2 rings (SSSR count). The molecular weight excluding hydrogens is 366 g/mol. The number of hydrogen-bond donors (Lipinski definition) is 2. The van der Waals surface area contributed by atoms with Crippen LogP contribution in [0, 0.1) is 20.8 Å². The van der Waals surface area contributed by atoms with Crippen molar-refractivity contribution in [2.75, 3.05) is 11.1 Å². The molecule has 0 fully saturated rings. The van der Waals surface area contributed by atoms with Crippen molar-refractivity contribution in [3.05, 3.63) is 49.8 Å². The fourth-order valence-corrected chi connectivity index (χ4v) is 3.10. The van der Waals surface area contributed by atoms with Crippen LogP contribution in [0.2, 0.25) is 0 Å². The standard InChI is InChI=1S/C15H16BrN3O2S/c1-8-4-11(16)12(5-9(8)2)18-14(21)7-22-15-17-10(3)6-13(20)19-15/h4-6H,7H2,1-3H3,(H,18,21)(H,17,19,20). The molecule has 0 aliphatic heterocycles. The summed E-state index contributed by atoms with van der Waals surface area (Å²) in [4.78, 5) is 30.2. The van der Waals surface area contributed by atoms with E-state index in [9.17, 15) is 9.59 Å². The monoisotopic (exact) mass is 381 g/mol. The SMILES string of the molecule is Cc1cc(=O)[nH]c(SCC(=O)Nc2cc(C)c(C)cc2Br)n1. The second-order valence-electron chi connectivity index (χ2n) is 4.95. The molecule has 116 valence electrons. The van der Waals surface area contributed by atoms with Gasteiger partial charge in [0.05, 0.1) is 11.4 Å². The zero-order valence-corrected chi connectivity index (χ0v) is 14.9. The van der Waals surface area contributed by atoms with Crippen LogP contribution in [0.1, 0.15) is 16.8 Å². The van der Waals surface area contributed by atoms with Crippen LogP contribution in [0.3, 0.4) is 0 Å². The van der Waals surface area contributed by atoms with Gasteiger partial charge in [0.25, 0.3) is 5.56 Å². The number of anilines is 1. The Labute approximate surface area is 141 Å². The van der Waals surface area contributed by atoms with Crippen LogP contribution >= 0.6 is 27.7 Å². The van der Waals surface area contributed by atoms with E-state index in [1.165, 1.54) is 17.8 Å². The maximum absolute atomic E-state index is 12.0. The molecule has 22 heavy (non-hydrogen) atoms. The van der Waals surface area contributed by atoms with Gasteiger partial charge >= 0.3 is 0 Å². The summed E-state index contributed by atoms with van der Waals surface area (Å²) in [6.07, 6.45) is 0. The number of halogens is 1. The van der Waals surface area contributed by atoms with Gasteiger partial charge in [-0.1, -0.05) is 11.8 Å². The molecule has 1 heterocycles. The second kappa shape index (κ2) is 7.11. The topological polar surface area (TPSA) is 74.8 Å². The Morgan fingerprint density at radius 3 is 2.64 bits per heavy atom. The van der Waals surface area contributed by atoms with E-state index in [1.54, 1.807) is 6.92 Å². The van der Waals surface area contributed by atoms with Crippen LogP contribution in [0.4, 0.5) is 5.69 Å². The maximum Gasteiger partial charge on any atom is 0.251 e. The second-order valence-corrected chi connectivity index (χ2v) is 6.76. The van der Waals surface area contributed by atoms with Gasteiger partial charge in [-0.05, 0) is 60.0 Å². The van der Waals surface area contributed by atoms with E-state index in [2.05, 4.69) is 31.2 Å². The molecule has 1 aromatic heterocycles. The highest BCUT2D eigenvalue weighted by atomic mass is 79.9. The maximum atomic E-state index is 12.0. The van der Waals surface area contributed by atoms with Gasteiger partial charge in [-0.2, -0.15) is 0 Å². The highest BCUT2D eigenvalue weighted by Crippen LogP contribution is 2.26. The van der Waals surface area contributed by atoms with Crippen molar-refractivity contribution in [3.63, 3.8) is 0 Å². The number of aryl methyl sites for hydroxylation is 3. The molecule has 0 unspecified atom stereocenters. The average molecular weight is 382 g/mol. The zero-order valence-electron chi connectivity index (χ0n) is 12.5. The largest absolute Gasteiger partial charge is 0.324 e. The summed E-state index contributed by atoms with van der Waals surface area (Å²) in [5, 5.41) is 3.30. The Kier molecular flexibility index (Phi) is 5.42. The van der Waals surface area contributed by atoms with Gasteiger partial charge in [-0.3, -0.25) is 9.59 Å². The van der Waals surface area contributed by atoms with Gasteiger partial charge < -0.3 is 10.3 Å². The lowest BCUT2D eigenvalue weighted by molar-refractivity contribution is -0.113. The molecule has 1 amide bonds. The highest BCUT2D eigenvalue weighted by molar-refractivity contribution is 9.10. The number of aromatic nitrogens is 2. The first-order valence-electron chi connectivity index (χ1n) is 6.62. The van der Waals surface area contributed by atoms with Crippen molar-refractivity contribution in [2.45, 2.75) is 25.9 Å². The smallest absolute Gasteiger partial charge is 0.251 e. The average Bonchev–Trinajstić information content (AvgIpc) is 2.41. The minimum absolute atomic E-state index is 0.155. The molecule has 0 bridgehead atoms. The number of benzene rings is 1. The Morgan fingerprint density at radius 2 is 1.95 bits per heavy atom. The summed E-state index contributed by atoms with van der Waals surface area (Å²) in [6, 6.07) is 5.31. The Balaban J connectivity index is 2.01. The van der Waals surface area contributed by atoms with Crippen LogP contribution in [0.15, 0.2) is 32.6 Å². The van der Waals surface area contributed by atoms with Crippen molar-refractivity contribution in [1.82, 2.24) is 9.97 Å². The molecule has 0 saturated heterocycles. The van der Waals surface area contributed by atoms with Gasteiger partial charge in [0.15, 0.2) is 5.16 Å². The molecule has 0 aliphatic rings. The molecule has 2 aromatic rings. The molecule has 0 radical (unpaired) electrons. The van der Waals surface area contributed by atoms with E-state index in [0.29, 0.717) is 10.9 Å². The van der Waals surface area contributed by atoms with Gasteiger partial charge in [0.1, 0.15) is 0 Å². The lowest BCUT2D eigenvalue weighted by Crippen LogP contribution is -2.16. The van der Waals surface area contributed by atoms with Crippen LogP contribution in [0.5, 0.6) is 0 Å². The van der Waals surface area contributed by atoms with E-state index in [4.69, 9.17) is 0 Å². The first-order chi connectivity index (χ1) is 10.3. The third kappa shape index (κ3) is 4.45. The summed E-state index contributed by atoms with van der Waals surface area (Å²) in [5.74, 6) is 0.0178. The number of nitrogens with zero attached hydrogens (tertiary/aromatic N) is 1. The van der Waals surface area contributed by atoms with Crippen molar-refractivity contribution >= 4 is 39.3 Å². The van der Waals surface area contributed by atoms with E-state index in [0.717, 1.165) is 21.3 Å². The van der Waals surface area contributed by atoms with Crippen molar-refractivity contribution < 1.29 is 4.79 Å². The Bertz CT molecular complexity index is 774. The number of amides is 1. The minimum atomic E-state index is -0.215. The van der Waals surface area contributed by atoms with Gasteiger partial charge in [0, 0.05) is 16.2 Å². The number of rotatable bonds is 4. The molecule has 0 aliphatic carbocycles. The third-order valence-corrected chi connectivity index (χ3v) is 4.57. The summed E-state index contributed by atoms with van der Waals surface area (Å²) in [5.41, 5.74) is 3.41. The van der Waals surface area contributed by atoms with Crippen molar-refractivity contribution in [1.29, 1.82) is 0 Å². The van der Waals surface area contributed by atoms with Crippen LogP contribution in [0.25, 0.3) is 0 Å². The van der Waals surface area contributed by atoms with Gasteiger partial charge in [-0.25, -0.2) is 4.98 Å². The van der Waals surface area contributed by atoms with E-state index in [-0.39, 0.29) is 17.2 Å². The number of carbonyl (C=O) groups excluding carboxylic acids is 1. The van der Waals surface area contributed by atoms with Gasteiger partial charge in [-0.15, -0.1) is 0 Å². The Hall–Kier alpha value is -1.60. The molecule has 0 atom stereocenters. The van der Waals surface area contributed by atoms with E-state index < -0.39 is 0 Å². The first-order valence-corrected chi connectivity index (χ1v) is 8.40. The first kappa shape index (κ1) is 16.8. The minimum Gasteiger partial charge on any atom is -0.324 e. The van der Waals surface area contributed by atoms with Crippen LogP contribution < -0.4 is 10.9 Å². The lowest BCUT2D eigenvalue weighted by Gasteiger charge is -2.10. The fourth-order valence-electron chi connectivity index (χ4n) is 1.82. The summed E-state index contributed by atoms with van der Waals surface area (Å²) >= 11 is 4.64. The Morgan fingerprint density at radius 1 is 1.27 bits per heavy atom. The number of thioether (sulfide) groups is 1. The molecule has 0 spiro atoms. The fraction of sp³-hybridized carbons (Fsp3) is 0.267. The zero-order chi connectivity index (χ0) is 16.3. The number of nitrogens with one attached hydrogen (secondary N) is 2. The normalized spacial score (nSPS) is 10.5. The van der Waals surface area contributed by atoms with Crippen molar-refractivity contribution in [2.24, 2.45) is 0 Å². The predicted octanol–water partition coefficient (Wildman–Crippen LogP) is 3.19. The summed E-state index contributed by atoms with van der Waals surface area (Å²) < 4.78 is 0.844. The van der Waals surface area contributed by atoms with E-state index >= 15 is 0 Å². The number of hydrogen-bond acceptors (Lipinski definition) is 4. The molecule has 5 nitrogen and oxygen atoms in total. The lowest BCUT2D eigenvalue weighted by atomic mass is 10.1. The quantitative estimate of drug-likeness (QED) is 0.629. The van der Waals surface area contributed by atoms with Crippen molar-refractivity contribution in [3.8, 4) is 0 Å². The molecular formula is C15H16BrN3O2S. The number of H-pyrrole nitrogens is 1. The van der Waals surface area contributed by atoms with E-state index in [1.807, 2.05) is 26.0 Å². The molecule has 2 N–H and O–H groups in total. The third-order valence-electron chi connectivity index (χ3n) is 3.05. The highest BCUT2D eigenvalue weighted by Gasteiger charge is 2.09. The number of carbonyl (C=O) groups is 1. The predicted molar refractivity (Wildman–Crippen MR) is 92.6 cm³/mol. The molecule has 0 saturated carbocycles. The number of aromatic amines is 1. The summed E-state index contributed by atoms with van der Waals surface area (Å²) in [7, 11) is 0. The summed E-state index contributed by atoms with van der Waals surface area (Å²) in [6.45, 7) is 5.75. The molecule has 1 aromatic carbocycles. The van der Waals surface area contributed by atoms with Crippen LogP contribution in [-0.4, -0.2) is 21.6 Å². The van der Waals surface area contributed by atoms with Gasteiger partial charge in [0.2, 0.25) is 5.91 Å².